The van der Waals surface area contributed by atoms with Crippen molar-refractivity contribution in [2.24, 2.45) is 0 Å². The molecule has 0 spiro atoms. The summed E-state index contributed by atoms with van der Waals surface area (Å²) in [6, 6.07) is 64.9. The number of hydrogen-bond donors (Lipinski definition) is 0. The monoisotopic (exact) mass is 841 g/mol. The van der Waals surface area contributed by atoms with Gasteiger partial charge in [0.05, 0.1) is 15.9 Å². The van der Waals surface area contributed by atoms with Gasteiger partial charge in [-0.1, -0.05) is 158 Å². The Morgan fingerprint density at radius 3 is 1.68 bits per heavy atom. The van der Waals surface area contributed by atoms with Gasteiger partial charge in [0.1, 0.15) is 11.2 Å². The molecule has 8 heteroatoms. The van der Waals surface area contributed by atoms with E-state index in [1.807, 2.05) is 72.0 Å². The van der Waals surface area contributed by atoms with Crippen molar-refractivity contribution in [1.29, 1.82) is 0 Å². The number of aromatic nitrogens is 5. The molecule has 13 aromatic rings. The average Bonchev–Trinajstić information content (AvgIpc) is 4.06. The Morgan fingerprint density at radius 2 is 0.889 bits per heavy atom. The molecule has 63 heavy (non-hydrogen) atoms. The largest absolute Gasteiger partial charge is 0.455 e. The molecule has 0 aliphatic heterocycles. The number of nitrogens with zero attached hydrogens (tertiary/aromatic N) is 5. The van der Waals surface area contributed by atoms with Gasteiger partial charge in [-0.2, -0.15) is 0 Å². The van der Waals surface area contributed by atoms with Gasteiger partial charge >= 0.3 is 0 Å². The molecular weight excluding hydrogens is 811 g/mol. The molecule has 5 heterocycles. The predicted molar refractivity (Wildman–Crippen MR) is 261 cm³/mol. The quantitative estimate of drug-likeness (QED) is 0.166. The molecule has 0 fully saturated rings. The Kier molecular flexibility index (Phi) is 8.15. The molecule has 0 saturated carbocycles. The second kappa shape index (κ2) is 14.3. The standard InChI is InChI=1S/C55H31N5OS2/c1-3-15-32(16-4-1)52-56-47-39-22-8-10-30-45(39)63-51(47)48(57-52)42-27-13-25-40-46-41(26-14-28-43(46)61-49(40)42)55-59-53(33-17-5-2-6-18-33)58-54(60-55)35-20-11-19-34(31-35)36-23-12-24-38-37-21-7-9-29-44(37)62-50(36)38/h1-31H. The highest BCUT2D eigenvalue weighted by Gasteiger charge is 2.23. The predicted octanol–water partition coefficient (Wildman–Crippen LogP) is 15.3. The average molecular weight is 842 g/mol. The Balaban J connectivity index is 1.01. The van der Waals surface area contributed by atoms with Crippen LogP contribution >= 0.6 is 22.7 Å². The van der Waals surface area contributed by atoms with Crippen LogP contribution in [0.1, 0.15) is 0 Å². The summed E-state index contributed by atoms with van der Waals surface area (Å²) in [5.74, 6) is 2.43. The Hall–Kier alpha value is -7.91. The highest BCUT2D eigenvalue weighted by Crippen LogP contribution is 2.45. The van der Waals surface area contributed by atoms with Crippen LogP contribution < -0.4 is 0 Å². The van der Waals surface area contributed by atoms with Gasteiger partial charge in [-0.15, -0.1) is 22.7 Å². The molecule has 0 aliphatic carbocycles. The maximum atomic E-state index is 6.89. The molecule has 8 aromatic carbocycles. The zero-order valence-corrected chi connectivity index (χ0v) is 35.0. The molecule has 0 aliphatic rings. The number of rotatable bonds is 6. The van der Waals surface area contributed by atoms with Crippen molar-refractivity contribution in [3.05, 3.63) is 188 Å². The van der Waals surface area contributed by atoms with Crippen molar-refractivity contribution in [1.82, 2.24) is 24.9 Å². The number of benzene rings is 8. The molecule has 0 radical (unpaired) electrons. The second-order valence-corrected chi connectivity index (χ2v) is 17.6. The van der Waals surface area contributed by atoms with Crippen molar-refractivity contribution in [2.75, 3.05) is 0 Å². The normalized spacial score (nSPS) is 11.8. The highest BCUT2D eigenvalue weighted by atomic mass is 32.1. The first-order chi connectivity index (χ1) is 31.2. The lowest BCUT2D eigenvalue weighted by atomic mass is 10.0. The lowest BCUT2D eigenvalue weighted by Crippen LogP contribution is -2.00. The molecule has 5 aromatic heterocycles. The van der Waals surface area contributed by atoms with Crippen molar-refractivity contribution >= 4 is 85.1 Å². The van der Waals surface area contributed by atoms with Crippen LogP contribution in [0.5, 0.6) is 0 Å². The molecule has 0 saturated heterocycles. The second-order valence-electron chi connectivity index (χ2n) is 15.5. The van der Waals surface area contributed by atoms with Crippen molar-refractivity contribution in [3.63, 3.8) is 0 Å². The van der Waals surface area contributed by atoms with Crippen LogP contribution in [0.15, 0.2) is 192 Å². The van der Waals surface area contributed by atoms with Gasteiger partial charge in [-0.25, -0.2) is 24.9 Å². The molecular formula is C55H31N5OS2. The van der Waals surface area contributed by atoms with Gasteiger partial charge < -0.3 is 4.42 Å². The summed E-state index contributed by atoms with van der Waals surface area (Å²) in [6.45, 7) is 0. The summed E-state index contributed by atoms with van der Waals surface area (Å²) < 4.78 is 11.6. The van der Waals surface area contributed by atoms with E-state index in [9.17, 15) is 0 Å². The van der Waals surface area contributed by atoms with Gasteiger partial charge in [0, 0.05) is 68.8 Å². The van der Waals surface area contributed by atoms with Crippen LogP contribution in [0.25, 0.3) is 130 Å². The first-order valence-electron chi connectivity index (χ1n) is 20.7. The topological polar surface area (TPSA) is 77.6 Å². The molecule has 6 nitrogen and oxygen atoms in total. The third kappa shape index (κ3) is 5.87. The lowest BCUT2D eigenvalue weighted by Gasteiger charge is -2.11. The van der Waals surface area contributed by atoms with Gasteiger partial charge in [0.15, 0.2) is 23.3 Å². The minimum atomic E-state index is 0.565. The molecule has 0 unspecified atom stereocenters. The number of hydrogen-bond acceptors (Lipinski definition) is 8. The summed E-state index contributed by atoms with van der Waals surface area (Å²) in [5.41, 5.74) is 10.1. The number of thiophene rings is 2. The van der Waals surface area contributed by atoms with Crippen LogP contribution in [0.4, 0.5) is 0 Å². The van der Waals surface area contributed by atoms with Crippen LogP contribution in [0.3, 0.4) is 0 Å². The highest BCUT2D eigenvalue weighted by molar-refractivity contribution is 7.26. The first kappa shape index (κ1) is 35.8. The molecule has 0 N–H and O–H groups in total. The maximum absolute atomic E-state index is 6.89. The van der Waals surface area contributed by atoms with Gasteiger partial charge in [0.2, 0.25) is 0 Å². The van der Waals surface area contributed by atoms with Crippen molar-refractivity contribution in [2.45, 2.75) is 0 Å². The Labute approximate surface area is 368 Å². The van der Waals surface area contributed by atoms with Gasteiger partial charge in [-0.3, -0.25) is 0 Å². The van der Waals surface area contributed by atoms with E-state index in [0.717, 1.165) is 81.3 Å². The summed E-state index contributed by atoms with van der Waals surface area (Å²) >= 11 is 3.54. The lowest BCUT2D eigenvalue weighted by molar-refractivity contribution is 0.670. The molecule has 0 bridgehead atoms. The van der Waals surface area contributed by atoms with E-state index in [4.69, 9.17) is 29.3 Å². The van der Waals surface area contributed by atoms with E-state index in [1.54, 1.807) is 11.3 Å². The van der Waals surface area contributed by atoms with Crippen LogP contribution in [0.2, 0.25) is 0 Å². The Morgan fingerprint density at radius 1 is 0.349 bits per heavy atom. The SMILES string of the molecule is c1ccc(-c2nc(-c3cccc(-c4cccc5c4sc4ccccc45)c3)nc(-c3cccc4oc5c(-c6nc(-c7ccccc7)nc7c6sc6ccccc67)cccc5c34)n2)cc1. The smallest absolute Gasteiger partial charge is 0.164 e. The molecule has 0 atom stereocenters. The minimum absolute atomic E-state index is 0.565. The molecule has 294 valence electrons. The summed E-state index contributed by atoms with van der Waals surface area (Å²) in [7, 11) is 0. The van der Waals surface area contributed by atoms with E-state index in [1.165, 1.54) is 25.7 Å². The summed E-state index contributed by atoms with van der Waals surface area (Å²) in [4.78, 5) is 26.1. The Bertz CT molecular complexity index is 3930. The van der Waals surface area contributed by atoms with Gasteiger partial charge in [0.25, 0.3) is 0 Å². The fraction of sp³-hybridized carbons (Fsp3) is 0. The van der Waals surface area contributed by atoms with E-state index < -0.39 is 0 Å². The fourth-order valence-electron chi connectivity index (χ4n) is 8.85. The number of furan rings is 1. The van der Waals surface area contributed by atoms with Crippen LogP contribution in [0, 0.1) is 0 Å². The molecule has 13 rings (SSSR count). The van der Waals surface area contributed by atoms with Gasteiger partial charge in [-0.05, 0) is 41.5 Å². The molecule has 0 amide bonds. The summed E-state index contributed by atoms with van der Waals surface area (Å²) in [6.07, 6.45) is 0. The van der Waals surface area contributed by atoms with E-state index in [2.05, 4.69) is 127 Å². The number of fused-ring (bicyclic) bond motifs is 9. The first-order valence-corrected chi connectivity index (χ1v) is 22.4. The van der Waals surface area contributed by atoms with E-state index >= 15 is 0 Å². The zero-order valence-electron chi connectivity index (χ0n) is 33.4. The maximum Gasteiger partial charge on any atom is 0.164 e. The van der Waals surface area contributed by atoms with Crippen LogP contribution in [-0.2, 0) is 0 Å². The number of para-hydroxylation sites is 1. The minimum Gasteiger partial charge on any atom is -0.455 e. The van der Waals surface area contributed by atoms with E-state index in [0.29, 0.717) is 23.3 Å². The van der Waals surface area contributed by atoms with Crippen molar-refractivity contribution < 1.29 is 4.42 Å². The fourth-order valence-corrected chi connectivity index (χ4v) is 11.2. The third-order valence-corrected chi connectivity index (χ3v) is 14.2. The van der Waals surface area contributed by atoms with E-state index in [-0.39, 0.29) is 0 Å². The van der Waals surface area contributed by atoms with Crippen molar-refractivity contribution in [3.8, 4) is 67.9 Å². The zero-order chi connectivity index (χ0) is 41.4. The van der Waals surface area contributed by atoms with Crippen LogP contribution in [-0.4, -0.2) is 24.9 Å². The third-order valence-electron chi connectivity index (χ3n) is 11.8. The summed E-state index contributed by atoms with van der Waals surface area (Å²) in [5, 5.41) is 5.54.